The Bertz CT molecular complexity index is 593. The third-order valence-corrected chi connectivity index (χ3v) is 3.34. The van der Waals surface area contributed by atoms with Gasteiger partial charge in [0.15, 0.2) is 5.96 Å². The lowest BCUT2D eigenvalue weighted by Gasteiger charge is -2.26. The smallest absolute Gasteiger partial charge is 0.240 e. The number of likely N-dealkylation sites (N-methyl/N-ethyl adjacent to an activating group) is 1. The molecule has 140 valence electrons. The predicted molar refractivity (Wildman–Crippen MR) is 103 cm³/mol. The van der Waals surface area contributed by atoms with Crippen LogP contribution in [0.1, 0.15) is 33.3 Å². The van der Waals surface area contributed by atoms with Crippen molar-refractivity contribution < 1.29 is 9.53 Å². The largest absolute Gasteiger partial charge is 0.489 e. The minimum Gasteiger partial charge on any atom is -0.489 e. The van der Waals surface area contributed by atoms with Crippen molar-refractivity contribution in [2.45, 2.75) is 46.3 Å². The molecule has 1 rings (SSSR count). The molecule has 6 nitrogen and oxygen atoms in total. The molecule has 1 aromatic rings. The molecule has 0 fully saturated rings. The Kier molecular flexibility index (Phi) is 7.74. The molecule has 0 saturated heterocycles. The first-order chi connectivity index (χ1) is 11.6. The van der Waals surface area contributed by atoms with Gasteiger partial charge in [0.05, 0.1) is 13.1 Å². The van der Waals surface area contributed by atoms with Crippen molar-refractivity contribution in [1.82, 2.24) is 15.5 Å². The molecule has 0 heterocycles. The van der Waals surface area contributed by atoms with Gasteiger partial charge in [-0.1, -0.05) is 12.1 Å². The number of carbonyl (C=O) groups is 1. The molecule has 0 aliphatic carbocycles. The van der Waals surface area contributed by atoms with Gasteiger partial charge in [0.25, 0.3) is 0 Å². The van der Waals surface area contributed by atoms with Crippen molar-refractivity contribution in [2.24, 2.45) is 4.99 Å². The molecular weight excluding hydrogens is 316 g/mol. The van der Waals surface area contributed by atoms with Crippen molar-refractivity contribution in [3.63, 3.8) is 0 Å². The summed E-state index contributed by atoms with van der Waals surface area (Å²) in [5, 5.41) is 6.19. The lowest BCUT2D eigenvalue weighted by atomic mass is 10.1. The quantitative estimate of drug-likeness (QED) is 0.611. The maximum atomic E-state index is 12.0. The molecule has 0 radical (unpaired) electrons. The molecule has 6 heteroatoms. The van der Waals surface area contributed by atoms with Crippen LogP contribution in [0, 0.1) is 6.92 Å². The number of rotatable bonds is 6. The zero-order valence-electron chi connectivity index (χ0n) is 16.5. The summed E-state index contributed by atoms with van der Waals surface area (Å²) in [6.07, 6.45) is -0.0321. The van der Waals surface area contributed by atoms with Gasteiger partial charge in [-0.25, -0.2) is 0 Å². The van der Waals surface area contributed by atoms with E-state index in [9.17, 15) is 4.79 Å². The number of aryl methyl sites for hydroxylation is 1. The van der Waals surface area contributed by atoms with Crippen molar-refractivity contribution in [1.29, 1.82) is 0 Å². The first-order valence-corrected chi connectivity index (χ1v) is 8.57. The van der Waals surface area contributed by atoms with Gasteiger partial charge < -0.3 is 20.3 Å². The van der Waals surface area contributed by atoms with Crippen LogP contribution < -0.4 is 15.4 Å². The highest BCUT2D eigenvalue weighted by molar-refractivity contribution is 5.86. The van der Waals surface area contributed by atoms with Gasteiger partial charge in [0.1, 0.15) is 11.9 Å². The number of guanidine groups is 1. The fraction of sp³-hybridized carbons (Fsp3) is 0.579. The van der Waals surface area contributed by atoms with Gasteiger partial charge >= 0.3 is 0 Å². The van der Waals surface area contributed by atoms with Crippen molar-refractivity contribution in [2.75, 3.05) is 27.2 Å². The summed E-state index contributed by atoms with van der Waals surface area (Å²) in [5.74, 6) is 1.47. The lowest BCUT2D eigenvalue weighted by Crippen LogP contribution is -2.49. The van der Waals surface area contributed by atoms with E-state index in [0.717, 1.165) is 11.3 Å². The molecule has 0 bridgehead atoms. The Morgan fingerprint density at radius 2 is 2.04 bits per heavy atom. The highest BCUT2D eigenvalue weighted by atomic mass is 16.5. The number of aliphatic imine (C=N–C) groups is 1. The second kappa shape index (κ2) is 9.30. The lowest BCUT2D eigenvalue weighted by molar-refractivity contribution is -0.122. The zero-order valence-corrected chi connectivity index (χ0v) is 16.5. The van der Waals surface area contributed by atoms with Crippen LogP contribution in [0.5, 0.6) is 5.75 Å². The molecule has 1 unspecified atom stereocenters. The topological polar surface area (TPSA) is 66.0 Å². The number of nitrogens with zero attached hydrogens (tertiary/aromatic N) is 2. The SMILES string of the molecule is CN=C(NCC(C)Oc1cccc(C)c1)N(C)CC(=O)NC(C)(C)C. The third kappa shape index (κ3) is 8.42. The molecule has 1 aromatic carbocycles. The Balaban J connectivity index is 2.48. The van der Waals surface area contributed by atoms with E-state index in [2.05, 4.69) is 15.6 Å². The van der Waals surface area contributed by atoms with Gasteiger partial charge in [-0.2, -0.15) is 0 Å². The van der Waals surface area contributed by atoms with Crippen LogP contribution in [0.2, 0.25) is 0 Å². The number of ether oxygens (including phenoxy) is 1. The van der Waals surface area contributed by atoms with Crippen LogP contribution in [0.4, 0.5) is 0 Å². The van der Waals surface area contributed by atoms with E-state index in [1.807, 2.05) is 65.9 Å². The van der Waals surface area contributed by atoms with Gasteiger partial charge in [-0.3, -0.25) is 9.79 Å². The molecule has 0 aliphatic rings. The monoisotopic (exact) mass is 348 g/mol. The van der Waals surface area contributed by atoms with Gasteiger partial charge in [0, 0.05) is 19.6 Å². The summed E-state index contributed by atoms with van der Waals surface area (Å²) >= 11 is 0. The number of hydrogen-bond acceptors (Lipinski definition) is 3. The summed E-state index contributed by atoms with van der Waals surface area (Å²) in [6, 6.07) is 7.97. The third-order valence-electron chi connectivity index (χ3n) is 3.34. The van der Waals surface area contributed by atoms with Gasteiger partial charge in [-0.05, 0) is 52.3 Å². The Labute approximate surface area is 151 Å². The minimum atomic E-state index is -0.245. The predicted octanol–water partition coefficient (Wildman–Crippen LogP) is 2.18. The zero-order chi connectivity index (χ0) is 19.0. The molecule has 0 saturated carbocycles. The Hall–Kier alpha value is -2.24. The maximum Gasteiger partial charge on any atom is 0.240 e. The van der Waals surface area contributed by atoms with Gasteiger partial charge in [0.2, 0.25) is 5.91 Å². The maximum absolute atomic E-state index is 12.0. The number of nitrogens with one attached hydrogen (secondary N) is 2. The number of hydrogen-bond donors (Lipinski definition) is 2. The molecule has 0 aliphatic heterocycles. The molecule has 1 amide bonds. The number of carbonyl (C=O) groups excluding carboxylic acids is 1. The van der Waals surface area contributed by atoms with Crippen molar-refractivity contribution >= 4 is 11.9 Å². The van der Waals surface area contributed by atoms with Crippen molar-refractivity contribution in [3.05, 3.63) is 29.8 Å². The van der Waals surface area contributed by atoms with Crippen LogP contribution >= 0.6 is 0 Å². The summed E-state index contributed by atoms with van der Waals surface area (Å²) in [7, 11) is 3.54. The van der Waals surface area contributed by atoms with E-state index >= 15 is 0 Å². The molecule has 0 aromatic heterocycles. The Morgan fingerprint density at radius 3 is 2.60 bits per heavy atom. The first kappa shape index (κ1) is 20.8. The van der Waals surface area contributed by atoms with E-state index in [4.69, 9.17) is 4.74 Å². The summed E-state index contributed by atoms with van der Waals surface area (Å²) in [4.78, 5) is 18.1. The van der Waals surface area contributed by atoms with Crippen LogP contribution in [0.15, 0.2) is 29.3 Å². The van der Waals surface area contributed by atoms with E-state index < -0.39 is 0 Å². The van der Waals surface area contributed by atoms with Crippen LogP contribution in [0.25, 0.3) is 0 Å². The molecule has 25 heavy (non-hydrogen) atoms. The summed E-state index contributed by atoms with van der Waals surface area (Å²) in [6.45, 7) is 10.7. The summed E-state index contributed by atoms with van der Waals surface area (Å²) < 4.78 is 5.90. The normalized spacial score (nSPS) is 13.2. The minimum absolute atomic E-state index is 0.0321. The molecule has 0 spiro atoms. The standard InChI is InChI=1S/C19H32N4O2/c1-14-9-8-10-16(11-14)25-15(2)12-21-18(20-6)23(7)13-17(24)22-19(3,4)5/h8-11,15H,12-13H2,1-7H3,(H,20,21)(H,22,24). The van der Waals surface area contributed by atoms with E-state index in [0.29, 0.717) is 12.5 Å². The molecular formula is C19H32N4O2. The fourth-order valence-corrected chi connectivity index (χ4v) is 2.33. The highest BCUT2D eigenvalue weighted by Gasteiger charge is 2.17. The fourth-order valence-electron chi connectivity index (χ4n) is 2.33. The van der Waals surface area contributed by atoms with E-state index in [-0.39, 0.29) is 24.1 Å². The average Bonchev–Trinajstić information content (AvgIpc) is 2.45. The van der Waals surface area contributed by atoms with E-state index in [1.165, 1.54) is 0 Å². The van der Waals surface area contributed by atoms with Crippen LogP contribution in [-0.2, 0) is 4.79 Å². The summed E-state index contributed by atoms with van der Waals surface area (Å²) in [5.41, 5.74) is 0.920. The van der Waals surface area contributed by atoms with Crippen molar-refractivity contribution in [3.8, 4) is 5.75 Å². The first-order valence-electron chi connectivity index (χ1n) is 8.57. The number of benzene rings is 1. The average molecular weight is 348 g/mol. The second-order valence-electron chi connectivity index (χ2n) is 7.33. The van der Waals surface area contributed by atoms with E-state index in [1.54, 1.807) is 11.9 Å². The second-order valence-corrected chi connectivity index (χ2v) is 7.33. The molecule has 2 N–H and O–H groups in total. The number of amides is 1. The molecule has 1 atom stereocenters. The highest BCUT2D eigenvalue weighted by Crippen LogP contribution is 2.13. The van der Waals surface area contributed by atoms with Crippen LogP contribution in [0.3, 0.4) is 0 Å². The van der Waals surface area contributed by atoms with Gasteiger partial charge in [-0.15, -0.1) is 0 Å². The Morgan fingerprint density at radius 1 is 1.36 bits per heavy atom. The van der Waals surface area contributed by atoms with Crippen LogP contribution in [-0.4, -0.2) is 55.6 Å².